The van der Waals surface area contributed by atoms with E-state index in [1.165, 1.54) is 0 Å². The lowest BCUT2D eigenvalue weighted by Crippen LogP contribution is -2.23. The van der Waals surface area contributed by atoms with Crippen molar-refractivity contribution in [3.8, 4) is 0 Å². The van der Waals surface area contributed by atoms with Crippen LogP contribution in [0.1, 0.15) is 17.9 Å². The van der Waals surface area contributed by atoms with Crippen molar-refractivity contribution in [1.82, 2.24) is 5.32 Å². The molecule has 0 amide bonds. The first-order chi connectivity index (χ1) is 7.29. The third-order valence-corrected chi connectivity index (χ3v) is 2.99. The summed E-state index contributed by atoms with van der Waals surface area (Å²) in [4.78, 5) is 11.3. The van der Waals surface area contributed by atoms with Gasteiger partial charge in [0, 0.05) is 0 Å². The number of hydrogen-bond acceptors (Lipinski definition) is 2. The predicted octanol–water partition coefficient (Wildman–Crippen LogP) is 1.46. The maximum Gasteiger partial charge on any atom is 0.311 e. The Balaban J connectivity index is 2.23. The standard InChI is InChI=1S/C12H15NO2/c14-12(15)11(10-6-7-13-8-10)9-4-2-1-3-5-9/h1-5,10-11,13H,6-8H2,(H,14,15)/t10-,11+/m0/s1. The summed E-state index contributed by atoms with van der Waals surface area (Å²) < 4.78 is 0. The Morgan fingerprint density at radius 1 is 1.40 bits per heavy atom. The molecule has 0 unspecified atom stereocenters. The lowest BCUT2D eigenvalue weighted by molar-refractivity contribution is -0.140. The second-order valence-electron chi connectivity index (χ2n) is 3.98. The molecular formula is C12H15NO2. The molecule has 1 aromatic carbocycles. The zero-order valence-corrected chi connectivity index (χ0v) is 8.52. The number of carboxylic acids is 1. The van der Waals surface area contributed by atoms with Gasteiger partial charge in [0.25, 0.3) is 0 Å². The molecule has 0 aliphatic carbocycles. The van der Waals surface area contributed by atoms with E-state index in [9.17, 15) is 9.90 Å². The number of benzene rings is 1. The Hall–Kier alpha value is -1.35. The fourth-order valence-corrected chi connectivity index (χ4v) is 2.24. The monoisotopic (exact) mass is 205 g/mol. The van der Waals surface area contributed by atoms with Crippen LogP contribution in [0.25, 0.3) is 0 Å². The van der Waals surface area contributed by atoms with Crippen LogP contribution in [0.3, 0.4) is 0 Å². The quantitative estimate of drug-likeness (QED) is 0.785. The van der Waals surface area contributed by atoms with Gasteiger partial charge in [-0.3, -0.25) is 4.79 Å². The molecule has 3 heteroatoms. The summed E-state index contributed by atoms with van der Waals surface area (Å²) in [6.07, 6.45) is 0.950. The van der Waals surface area contributed by atoms with E-state index in [-0.39, 0.29) is 11.8 Å². The Morgan fingerprint density at radius 3 is 2.67 bits per heavy atom. The molecule has 15 heavy (non-hydrogen) atoms. The average molecular weight is 205 g/mol. The predicted molar refractivity (Wildman–Crippen MR) is 57.8 cm³/mol. The molecule has 0 saturated carbocycles. The SMILES string of the molecule is O=C(O)[C@H](c1ccccc1)[C@H]1CCNC1. The van der Waals surface area contributed by atoms with E-state index in [0.717, 1.165) is 25.1 Å². The largest absolute Gasteiger partial charge is 0.481 e. The molecule has 2 rings (SSSR count). The van der Waals surface area contributed by atoms with Gasteiger partial charge < -0.3 is 10.4 Å². The van der Waals surface area contributed by atoms with Gasteiger partial charge in [-0.15, -0.1) is 0 Å². The zero-order chi connectivity index (χ0) is 10.7. The summed E-state index contributed by atoms with van der Waals surface area (Å²) >= 11 is 0. The van der Waals surface area contributed by atoms with Crippen LogP contribution in [-0.4, -0.2) is 24.2 Å². The molecular weight excluding hydrogens is 190 g/mol. The van der Waals surface area contributed by atoms with Crippen LogP contribution in [0.4, 0.5) is 0 Å². The first kappa shape index (κ1) is 10.2. The Bertz CT molecular complexity index is 331. The molecule has 0 bridgehead atoms. The molecule has 1 aliphatic heterocycles. The fourth-order valence-electron chi connectivity index (χ4n) is 2.24. The second kappa shape index (κ2) is 4.45. The highest BCUT2D eigenvalue weighted by Crippen LogP contribution is 2.29. The molecule has 80 valence electrons. The van der Waals surface area contributed by atoms with E-state index in [4.69, 9.17) is 0 Å². The number of hydrogen-bond donors (Lipinski definition) is 2. The molecule has 2 N–H and O–H groups in total. The van der Waals surface area contributed by atoms with E-state index in [2.05, 4.69) is 5.32 Å². The van der Waals surface area contributed by atoms with Crippen LogP contribution in [0.5, 0.6) is 0 Å². The van der Waals surface area contributed by atoms with Crippen molar-refractivity contribution >= 4 is 5.97 Å². The average Bonchev–Trinajstić information content (AvgIpc) is 2.72. The highest BCUT2D eigenvalue weighted by Gasteiger charge is 2.31. The van der Waals surface area contributed by atoms with Crippen molar-refractivity contribution in [1.29, 1.82) is 0 Å². The number of aliphatic carboxylic acids is 1. The van der Waals surface area contributed by atoms with Crippen molar-refractivity contribution < 1.29 is 9.90 Å². The molecule has 0 spiro atoms. The fraction of sp³-hybridized carbons (Fsp3) is 0.417. The molecule has 1 saturated heterocycles. The van der Waals surface area contributed by atoms with Crippen molar-refractivity contribution in [3.05, 3.63) is 35.9 Å². The topological polar surface area (TPSA) is 49.3 Å². The van der Waals surface area contributed by atoms with Gasteiger partial charge in [-0.05, 0) is 31.0 Å². The molecule has 1 fully saturated rings. The van der Waals surface area contributed by atoms with Crippen LogP contribution in [0.2, 0.25) is 0 Å². The van der Waals surface area contributed by atoms with Crippen LogP contribution in [-0.2, 0) is 4.79 Å². The second-order valence-corrected chi connectivity index (χ2v) is 3.98. The van der Waals surface area contributed by atoms with Gasteiger partial charge in [0.1, 0.15) is 0 Å². The molecule has 3 nitrogen and oxygen atoms in total. The van der Waals surface area contributed by atoms with Crippen LogP contribution < -0.4 is 5.32 Å². The van der Waals surface area contributed by atoms with Crippen LogP contribution >= 0.6 is 0 Å². The highest BCUT2D eigenvalue weighted by molar-refractivity contribution is 5.76. The minimum absolute atomic E-state index is 0.227. The van der Waals surface area contributed by atoms with E-state index in [1.807, 2.05) is 30.3 Å². The van der Waals surface area contributed by atoms with Crippen molar-refractivity contribution in [3.63, 3.8) is 0 Å². The number of nitrogens with one attached hydrogen (secondary N) is 1. The van der Waals surface area contributed by atoms with Gasteiger partial charge in [0.2, 0.25) is 0 Å². The Labute approximate surface area is 89.1 Å². The van der Waals surface area contributed by atoms with Crippen LogP contribution in [0.15, 0.2) is 30.3 Å². The third-order valence-electron chi connectivity index (χ3n) is 2.99. The summed E-state index contributed by atoms with van der Waals surface area (Å²) in [6, 6.07) is 9.50. The van der Waals surface area contributed by atoms with Gasteiger partial charge >= 0.3 is 5.97 Å². The third kappa shape index (κ3) is 2.18. The van der Waals surface area contributed by atoms with Gasteiger partial charge in [-0.1, -0.05) is 30.3 Å². The van der Waals surface area contributed by atoms with Gasteiger partial charge in [0.15, 0.2) is 0 Å². The van der Waals surface area contributed by atoms with E-state index in [1.54, 1.807) is 0 Å². The molecule has 1 aromatic rings. The minimum atomic E-state index is -0.713. The molecule has 0 radical (unpaired) electrons. The molecule has 2 atom stereocenters. The van der Waals surface area contributed by atoms with Gasteiger partial charge in [-0.2, -0.15) is 0 Å². The maximum absolute atomic E-state index is 11.3. The summed E-state index contributed by atoms with van der Waals surface area (Å²) in [5, 5.41) is 12.5. The lowest BCUT2D eigenvalue weighted by atomic mass is 9.85. The molecule has 0 aromatic heterocycles. The first-order valence-electron chi connectivity index (χ1n) is 5.27. The van der Waals surface area contributed by atoms with E-state index in [0.29, 0.717) is 0 Å². The lowest BCUT2D eigenvalue weighted by Gasteiger charge is -2.18. The van der Waals surface area contributed by atoms with Crippen LogP contribution in [0, 0.1) is 5.92 Å². The summed E-state index contributed by atoms with van der Waals surface area (Å²) in [6.45, 7) is 1.74. The summed E-state index contributed by atoms with van der Waals surface area (Å²) in [7, 11) is 0. The minimum Gasteiger partial charge on any atom is -0.481 e. The zero-order valence-electron chi connectivity index (χ0n) is 8.52. The molecule has 1 aliphatic rings. The smallest absolute Gasteiger partial charge is 0.311 e. The summed E-state index contributed by atoms with van der Waals surface area (Å²) in [5.41, 5.74) is 0.915. The van der Waals surface area contributed by atoms with Gasteiger partial charge in [0.05, 0.1) is 5.92 Å². The number of carboxylic acid groups (broad SMARTS) is 1. The number of carbonyl (C=O) groups is 1. The van der Waals surface area contributed by atoms with Crippen molar-refractivity contribution in [2.24, 2.45) is 5.92 Å². The highest BCUT2D eigenvalue weighted by atomic mass is 16.4. The Morgan fingerprint density at radius 2 is 2.13 bits per heavy atom. The maximum atomic E-state index is 11.3. The van der Waals surface area contributed by atoms with E-state index < -0.39 is 5.97 Å². The normalized spacial score (nSPS) is 22.5. The first-order valence-corrected chi connectivity index (χ1v) is 5.27. The Kier molecular flexibility index (Phi) is 3.02. The van der Waals surface area contributed by atoms with Gasteiger partial charge in [-0.25, -0.2) is 0 Å². The number of rotatable bonds is 3. The summed E-state index contributed by atoms with van der Waals surface area (Å²) in [5.74, 6) is -0.846. The van der Waals surface area contributed by atoms with Crippen molar-refractivity contribution in [2.45, 2.75) is 12.3 Å². The molecule has 1 heterocycles. The van der Waals surface area contributed by atoms with E-state index >= 15 is 0 Å². The van der Waals surface area contributed by atoms with Crippen molar-refractivity contribution in [2.75, 3.05) is 13.1 Å².